The minimum absolute atomic E-state index is 0.611. The minimum atomic E-state index is 0.611. The van der Waals surface area contributed by atoms with Crippen molar-refractivity contribution in [1.82, 2.24) is 0 Å². The first-order valence-electron chi connectivity index (χ1n) is 5.05. The van der Waals surface area contributed by atoms with Crippen LogP contribution in [0.25, 0.3) is 0 Å². The summed E-state index contributed by atoms with van der Waals surface area (Å²) in [6.07, 6.45) is 2.88. The molecular weight excluding hydrogens is 132 g/mol. The summed E-state index contributed by atoms with van der Waals surface area (Å²) in [4.78, 5) is 0. The Kier molecular flexibility index (Phi) is 4.13. The molecule has 0 nitrogen and oxygen atoms in total. The maximum Gasteiger partial charge on any atom is -0.0303 e. The highest BCUT2D eigenvalue weighted by atomic mass is 14.4. The minimum Gasteiger partial charge on any atom is -0.0683 e. The third-order valence-corrected chi connectivity index (χ3v) is 3.57. The Hall–Kier alpha value is 0. The van der Waals surface area contributed by atoms with Crippen LogP contribution in [0.3, 0.4) is 0 Å². The first-order valence-corrected chi connectivity index (χ1v) is 5.05. The third-order valence-electron chi connectivity index (χ3n) is 3.57. The molecule has 1 unspecified atom stereocenters. The molecule has 0 aliphatic heterocycles. The van der Waals surface area contributed by atoms with Gasteiger partial charge in [0.1, 0.15) is 0 Å². The molecule has 1 aliphatic carbocycles. The van der Waals surface area contributed by atoms with E-state index in [1.165, 1.54) is 12.8 Å². The van der Waals surface area contributed by atoms with E-state index >= 15 is 0 Å². The monoisotopic (exact) mass is 156 g/mol. The molecule has 0 bridgehead atoms. The molecule has 0 radical (unpaired) electrons. The van der Waals surface area contributed by atoms with E-state index in [4.69, 9.17) is 0 Å². The summed E-state index contributed by atoms with van der Waals surface area (Å²) in [6.45, 7) is 13.6. The van der Waals surface area contributed by atoms with Crippen LogP contribution in [0.1, 0.15) is 54.4 Å². The van der Waals surface area contributed by atoms with Gasteiger partial charge in [-0.3, -0.25) is 0 Å². The van der Waals surface area contributed by atoms with Gasteiger partial charge in [0.05, 0.1) is 0 Å². The van der Waals surface area contributed by atoms with Gasteiger partial charge in [0.15, 0.2) is 0 Å². The van der Waals surface area contributed by atoms with Gasteiger partial charge in [0.2, 0.25) is 0 Å². The maximum absolute atomic E-state index is 2.40. The lowest BCUT2D eigenvalue weighted by atomic mass is 9.77. The van der Waals surface area contributed by atoms with E-state index in [0.29, 0.717) is 5.41 Å². The topological polar surface area (TPSA) is 0 Å². The lowest BCUT2D eigenvalue weighted by Gasteiger charge is -2.28. The van der Waals surface area contributed by atoms with Gasteiger partial charge in [-0.1, -0.05) is 41.5 Å². The van der Waals surface area contributed by atoms with Gasteiger partial charge in [-0.15, -0.1) is 0 Å². The summed E-state index contributed by atoms with van der Waals surface area (Å²) in [5, 5.41) is 0. The van der Waals surface area contributed by atoms with Crippen LogP contribution >= 0.6 is 0 Å². The molecule has 0 aromatic heterocycles. The van der Waals surface area contributed by atoms with E-state index < -0.39 is 0 Å². The molecule has 0 heterocycles. The fourth-order valence-electron chi connectivity index (χ4n) is 1.73. The predicted molar refractivity (Wildman–Crippen MR) is 52.7 cm³/mol. The Balaban J connectivity index is 0.000000461. The Bertz CT molecular complexity index is 90.6. The molecule has 0 saturated heterocycles. The van der Waals surface area contributed by atoms with Crippen LogP contribution in [0.15, 0.2) is 0 Å². The van der Waals surface area contributed by atoms with Crippen LogP contribution in [-0.2, 0) is 0 Å². The fourth-order valence-corrected chi connectivity index (χ4v) is 1.73. The van der Waals surface area contributed by atoms with Gasteiger partial charge < -0.3 is 0 Å². The highest BCUT2D eigenvalue weighted by Crippen LogP contribution is 2.46. The summed E-state index contributed by atoms with van der Waals surface area (Å²) in [7, 11) is 0. The molecule has 11 heavy (non-hydrogen) atoms. The van der Waals surface area contributed by atoms with Gasteiger partial charge in [0.25, 0.3) is 0 Å². The van der Waals surface area contributed by atoms with Crippen molar-refractivity contribution in [3.8, 4) is 0 Å². The van der Waals surface area contributed by atoms with Crippen molar-refractivity contribution in [1.29, 1.82) is 0 Å². The highest BCUT2D eigenvalue weighted by Gasteiger charge is 2.37. The van der Waals surface area contributed by atoms with E-state index in [2.05, 4.69) is 27.7 Å². The molecule has 0 N–H and O–H groups in total. The van der Waals surface area contributed by atoms with Gasteiger partial charge in [-0.25, -0.2) is 0 Å². The smallest absolute Gasteiger partial charge is 0.0303 e. The van der Waals surface area contributed by atoms with Crippen molar-refractivity contribution in [3.63, 3.8) is 0 Å². The zero-order valence-electron chi connectivity index (χ0n) is 9.07. The summed E-state index contributed by atoms with van der Waals surface area (Å²) in [6, 6.07) is 0. The quantitative estimate of drug-likeness (QED) is 0.495. The second-order valence-corrected chi connectivity index (χ2v) is 4.20. The second kappa shape index (κ2) is 4.13. The molecule has 0 amide bonds. The van der Waals surface area contributed by atoms with Crippen LogP contribution in [0.5, 0.6) is 0 Å². The Labute approximate surface area is 72.4 Å². The molecule has 1 fully saturated rings. The first-order chi connectivity index (χ1) is 5.05. The SMILES string of the molecule is CC.CC1CC[C@H](C)C1(C)C. The van der Waals surface area contributed by atoms with Gasteiger partial charge in [-0.2, -0.15) is 0 Å². The molecule has 2 atom stereocenters. The maximum atomic E-state index is 2.40. The summed E-state index contributed by atoms with van der Waals surface area (Å²) in [5.74, 6) is 1.87. The van der Waals surface area contributed by atoms with Crippen molar-refractivity contribution < 1.29 is 0 Å². The lowest BCUT2D eigenvalue weighted by molar-refractivity contribution is 0.212. The molecule has 0 heteroatoms. The van der Waals surface area contributed by atoms with Gasteiger partial charge in [0, 0.05) is 0 Å². The predicted octanol–water partition coefficient (Wildman–Crippen LogP) is 4.10. The van der Waals surface area contributed by atoms with E-state index in [1.54, 1.807) is 0 Å². The number of hydrogen-bond donors (Lipinski definition) is 0. The van der Waals surface area contributed by atoms with E-state index in [1.807, 2.05) is 13.8 Å². The van der Waals surface area contributed by atoms with Gasteiger partial charge >= 0.3 is 0 Å². The van der Waals surface area contributed by atoms with Crippen LogP contribution in [0, 0.1) is 17.3 Å². The number of rotatable bonds is 0. The van der Waals surface area contributed by atoms with Crippen molar-refractivity contribution in [3.05, 3.63) is 0 Å². The molecule has 1 saturated carbocycles. The van der Waals surface area contributed by atoms with Gasteiger partial charge in [-0.05, 0) is 30.1 Å². The van der Waals surface area contributed by atoms with Crippen LogP contribution in [-0.4, -0.2) is 0 Å². The molecule has 0 aromatic carbocycles. The van der Waals surface area contributed by atoms with Crippen molar-refractivity contribution in [2.24, 2.45) is 17.3 Å². The molecule has 0 spiro atoms. The summed E-state index contributed by atoms with van der Waals surface area (Å²) < 4.78 is 0. The van der Waals surface area contributed by atoms with Crippen molar-refractivity contribution in [2.75, 3.05) is 0 Å². The number of hydrogen-bond acceptors (Lipinski definition) is 0. The molecule has 0 aromatic rings. The molecule has 1 rings (SSSR count). The van der Waals surface area contributed by atoms with E-state index in [0.717, 1.165) is 11.8 Å². The van der Waals surface area contributed by atoms with Crippen LogP contribution in [0.4, 0.5) is 0 Å². The van der Waals surface area contributed by atoms with E-state index in [-0.39, 0.29) is 0 Å². The zero-order chi connectivity index (χ0) is 9.07. The average Bonchev–Trinajstić information content (AvgIpc) is 2.21. The normalized spacial score (nSPS) is 34.4. The summed E-state index contributed by atoms with van der Waals surface area (Å²) >= 11 is 0. The molecular formula is C11H24. The van der Waals surface area contributed by atoms with Crippen molar-refractivity contribution >= 4 is 0 Å². The van der Waals surface area contributed by atoms with Crippen LogP contribution in [0.2, 0.25) is 0 Å². The Morgan fingerprint density at radius 3 is 1.27 bits per heavy atom. The van der Waals surface area contributed by atoms with E-state index in [9.17, 15) is 0 Å². The van der Waals surface area contributed by atoms with Crippen LogP contribution < -0.4 is 0 Å². The second-order valence-electron chi connectivity index (χ2n) is 4.20. The Morgan fingerprint density at radius 1 is 0.909 bits per heavy atom. The third kappa shape index (κ3) is 2.21. The first kappa shape index (κ1) is 11.0. The summed E-state index contributed by atoms with van der Waals surface area (Å²) in [5.41, 5.74) is 0.611. The Morgan fingerprint density at radius 2 is 1.18 bits per heavy atom. The fraction of sp³-hybridized carbons (Fsp3) is 1.00. The lowest BCUT2D eigenvalue weighted by Crippen LogP contribution is -2.20. The molecule has 1 aliphatic rings. The standard InChI is InChI=1S/C9H18.C2H6/c1-7-5-6-8(2)9(7,3)4;1-2/h7-8H,5-6H2,1-4H3;1-2H3/t7-,8?;/m0./s1. The van der Waals surface area contributed by atoms with Crippen molar-refractivity contribution in [2.45, 2.75) is 54.4 Å². The average molecular weight is 156 g/mol. The highest BCUT2D eigenvalue weighted by molar-refractivity contribution is 4.86. The zero-order valence-corrected chi connectivity index (χ0v) is 9.07. The largest absolute Gasteiger partial charge is 0.0683 e. The molecule has 68 valence electrons.